The number of amides is 2. The summed E-state index contributed by atoms with van der Waals surface area (Å²) in [5, 5.41) is 25.6. The Balaban J connectivity index is 1.99. The predicted molar refractivity (Wildman–Crippen MR) is 194 cm³/mol. The van der Waals surface area contributed by atoms with Crippen molar-refractivity contribution in [3.05, 3.63) is 70.4 Å². The number of hydrogen-bond acceptors (Lipinski definition) is 12. The Hall–Kier alpha value is -4.44. The minimum atomic E-state index is -1.01. The number of carbonyl (C=O) groups excluding carboxylic acids is 4. The Bertz CT molecular complexity index is 1590. The zero-order valence-corrected chi connectivity index (χ0v) is 31.5. The third kappa shape index (κ3) is 11.5. The van der Waals surface area contributed by atoms with E-state index in [1.54, 1.807) is 49.9 Å². The number of rotatable bonds is 11. The molecule has 1 aliphatic carbocycles. The lowest BCUT2D eigenvalue weighted by atomic mass is 9.85. The summed E-state index contributed by atoms with van der Waals surface area (Å²) in [5.41, 5.74) is 6.95. The molecule has 3 rings (SSSR count). The Kier molecular flexibility index (Phi) is 16.1. The smallest absolute Gasteiger partial charge is 0.405 e. The molecule has 0 radical (unpaired) electrons. The lowest BCUT2D eigenvalue weighted by Gasteiger charge is -2.30. The van der Waals surface area contributed by atoms with Crippen molar-refractivity contribution < 1.29 is 38.5 Å². The van der Waals surface area contributed by atoms with E-state index >= 15 is 0 Å². The number of methoxy groups -OCH3 is 2. The van der Waals surface area contributed by atoms with Gasteiger partial charge in [-0.25, -0.2) is 4.79 Å². The van der Waals surface area contributed by atoms with E-state index < -0.39 is 53.9 Å². The molecule has 1 aromatic heterocycles. The van der Waals surface area contributed by atoms with Gasteiger partial charge in [-0.15, -0.1) is 5.10 Å². The summed E-state index contributed by atoms with van der Waals surface area (Å²) in [7, 11) is 2.93. The number of primary amides is 1. The Morgan fingerprint density at radius 1 is 1.15 bits per heavy atom. The first-order valence-corrected chi connectivity index (χ1v) is 17.7. The summed E-state index contributed by atoms with van der Waals surface area (Å²) in [6, 6.07) is 0. The van der Waals surface area contributed by atoms with E-state index in [-0.39, 0.29) is 41.4 Å². The normalized spacial score (nSPS) is 28.0. The molecule has 1 aliphatic heterocycles. The molecule has 0 aromatic carbocycles. The summed E-state index contributed by atoms with van der Waals surface area (Å²) in [6.07, 6.45) is 5.42. The molecule has 0 spiro atoms. The van der Waals surface area contributed by atoms with Crippen molar-refractivity contribution >= 4 is 23.6 Å². The third-order valence-corrected chi connectivity index (χ3v) is 9.37. The minimum Gasteiger partial charge on any atom is -0.439 e. The number of ketones is 2. The van der Waals surface area contributed by atoms with Crippen molar-refractivity contribution in [3.63, 3.8) is 0 Å². The average Bonchev–Trinajstić information content (AvgIpc) is 3.57. The lowest BCUT2D eigenvalue weighted by molar-refractivity contribution is -0.120. The van der Waals surface area contributed by atoms with Gasteiger partial charge in [0.15, 0.2) is 6.10 Å². The summed E-state index contributed by atoms with van der Waals surface area (Å²) < 4.78 is 18.5. The Morgan fingerprint density at radius 3 is 2.50 bits per heavy atom. The molecule has 52 heavy (non-hydrogen) atoms. The van der Waals surface area contributed by atoms with Gasteiger partial charge in [0.1, 0.15) is 11.8 Å². The van der Waals surface area contributed by atoms with Crippen LogP contribution in [0.4, 0.5) is 4.79 Å². The van der Waals surface area contributed by atoms with Gasteiger partial charge >= 0.3 is 6.09 Å². The van der Waals surface area contributed by atoms with Gasteiger partial charge in [0, 0.05) is 43.9 Å². The monoisotopic (exact) mass is 725 g/mol. The van der Waals surface area contributed by atoms with Crippen LogP contribution >= 0.6 is 0 Å². The largest absolute Gasteiger partial charge is 0.439 e. The van der Waals surface area contributed by atoms with E-state index in [1.807, 2.05) is 6.92 Å². The second kappa shape index (κ2) is 20.0. The number of aromatic nitrogens is 3. The van der Waals surface area contributed by atoms with Crippen molar-refractivity contribution in [2.24, 2.45) is 17.6 Å². The van der Waals surface area contributed by atoms with Crippen molar-refractivity contribution in [1.82, 2.24) is 30.5 Å². The molecule has 1 aromatic rings. The average molecular weight is 726 g/mol. The first-order valence-electron chi connectivity index (χ1n) is 17.7. The van der Waals surface area contributed by atoms with Crippen molar-refractivity contribution in [2.45, 2.75) is 91.9 Å². The highest BCUT2D eigenvalue weighted by Gasteiger charge is 2.33. The summed E-state index contributed by atoms with van der Waals surface area (Å²) in [4.78, 5) is 54.9. The van der Waals surface area contributed by atoms with Crippen LogP contribution in [0.2, 0.25) is 0 Å². The first-order chi connectivity index (χ1) is 24.7. The van der Waals surface area contributed by atoms with E-state index in [0.717, 1.165) is 25.7 Å². The highest BCUT2D eigenvalue weighted by Crippen LogP contribution is 2.29. The summed E-state index contributed by atoms with van der Waals surface area (Å²) in [5.74, 6) is -2.29. The molecule has 0 unspecified atom stereocenters. The Morgan fingerprint density at radius 2 is 1.87 bits per heavy atom. The topological polar surface area (TPSA) is 200 Å². The maximum Gasteiger partial charge on any atom is 0.405 e. The molecule has 5 N–H and O–H groups in total. The van der Waals surface area contributed by atoms with Crippen LogP contribution in [0.3, 0.4) is 0 Å². The molecule has 15 nitrogen and oxygen atoms in total. The van der Waals surface area contributed by atoms with Gasteiger partial charge in [-0.05, 0) is 51.3 Å². The zero-order chi connectivity index (χ0) is 38.5. The number of aliphatic hydroxyl groups excluding tert-OH is 1. The highest BCUT2D eigenvalue weighted by atomic mass is 16.6. The molecule has 2 heterocycles. The number of nitrogens with two attached hydrogens (primary N) is 1. The van der Waals surface area contributed by atoms with Crippen molar-refractivity contribution in [2.75, 3.05) is 33.9 Å². The maximum absolute atomic E-state index is 14.0. The number of fused-ring (bicyclic) bond motifs is 2. The molecule has 0 saturated carbocycles. The Labute approximate surface area is 306 Å². The van der Waals surface area contributed by atoms with E-state index in [1.165, 1.54) is 20.3 Å². The van der Waals surface area contributed by atoms with Crippen LogP contribution in [0.15, 0.2) is 64.7 Å². The van der Waals surface area contributed by atoms with Crippen LogP contribution in [-0.4, -0.2) is 107 Å². The molecule has 2 amide bonds. The van der Waals surface area contributed by atoms with Crippen molar-refractivity contribution in [1.29, 1.82) is 0 Å². The second-order valence-electron chi connectivity index (χ2n) is 13.3. The summed E-state index contributed by atoms with van der Waals surface area (Å²) in [6.45, 7) is 14.7. The van der Waals surface area contributed by atoms with E-state index in [2.05, 4.69) is 39.7 Å². The molecule has 0 saturated heterocycles. The highest BCUT2D eigenvalue weighted by molar-refractivity contribution is 6.23. The number of carbonyl (C=O) groups is 4. The van der Waals surface area contributed by atoms with Crippen molar-refractivity contribution in [3.8, 4) is 0 Å². The molecule has 286 valence electrons. The van der Waals surface area contributed by atoms with Crippen LogP contribution in [0.1, 0.15) is 60.1 Å². The quantitative estimate of drug-likeness (QED) is 0.192. The number of nitrogens with one attached hydrogen (secondary N) is 2. The predicted octanol–water partition coefficient (Wildman–Crippen LogP) is 2.49. The number of Topliss-reactive ketones (excluding diaryl/α,β-unsaturated/α-hetero) is 1. The van der Waals surface area contributed by atoms with E-state index in [4.69, 9.17) is 19.9 Å². The fraction of sp³-hybridized carbons (Fsp3) is 0.568. The number of nitrogens with zero attached hydrogens (tertiary/aromatic N) is 4. The number of aliphatic hydroxyl groups is 1. The zero-order valence-electron chi connectivity index (χ0n) is 31.5. The van der Waals surface area contributed by atoms with Gasteiger partial charge < -0.3 is 40.6 Å². The molecule has 0 fully saturated rings. The fourth-order valence-corrected chi connectivity index (χ4v) is 6.27. The van der Waals surface area contributed by atoms with Crippen LogP contribution in [0.5, 0.6) is 0 Å². The maximum atomic E-state index is 14.0. The van der Waals surface area contributed by atoms with Crippen LogP contribution in [-0.2, 0) is 41.7 Å². The van der Waals surface area contributed by atoms with Gasteiger partial charge in [-0.2, -0.15) is 0 Å². The van der Waals surface area contributed by atoms with Gasteiger partial charge in [0.25, 0.3) is 5.91 Å². The lowest BCUT2D eigenvalue weighted by Crippen LogP contribution is -2.37. The number of allylic oxidation sites excluding steroid dienone is 4. The number of likely N-dealkylation sites (N-methyl/N-ethyl adjacent to an activating group) is 1. The molecule has 2 bridgehead atoms. The van der Waals surface area contributed by atoms with E-state index in [9.17, 15) is 24.3 Å². The molecular weight excluding hydrogens is 670 g/mol. The van der Waals surface area contributed by atoms with E-state index in [0.29, 0.717) is 24.2 Å². The molecule has 2 aliphatic rings. The SMILES string of the molecule is CCN(CC)CCn1cc(CNC2=C3C[C@@H](C)C[C@H](OC)[C@H](O)[C@@H](C)/C=C(\C)[C@H](OC(N)=O)[C@@H](OC)/C=C\C=C(/C)C(=O)NC(=CC2=O)C3=O)nn1. The molecule has 6 atom stereocenters. The van der Waals surface area contributed by atoms with Crippen LogP contribution < -0.4 is 16.4 Å². The third-order valence-electron chi connectivity index (χ3n) is 9.37. The van der Waals surface area contributed by atoms with Gasteiger partial charge in [0.2, 0.25) is 11.6 Å². The first kappa shape index (κ1) is 42.0. The van der Waals surface area contributed by atoms with Gasteiger partial charge in [-0.1, -0.05) is 57.2 Å². The van der Waals surface area contributed by atoms with Crippen LogP contribution in [0.25, 0.3) is 0 Å². The molecule has 15 heteroatoms. The number of ether oxygens (including phenoxy) is 3. The minimum absolute atomic E-state index is 0.112. The van der Waals surface area contributed by atoms with Gasteiger partial charge in [-0.3, -0.25) is 19.1 Å². The fourth-order valence-electron chi connectivity index (χ4n) is 6.27. The summed E-state index contributed by atoms with van der Waals surface area (Å²) >= 11 is 0. The molecular formula is C37H55N7O8. The van der Waals surface area contributed by atoms with Crippen LogP contribution in [0, 0.1) is 11.8 Å². The second-order valence-corrected chi connectivity index (χ2v) is 13.3. The number of hydrogen-bond donors (Lipinski definition) is 4. The standard InChI is InChI=1S/C37H55N7O8/c1-9-43(10-2)14-15-44-21-26(41-42-44)20-39-32-27-16-22(3)17-31(51-8)33(46)24(5)18-25(6)35(52-37(38)49)30(50-7)13-11-12-23(4)36(48)40-28(34(27)47)19-29(32)45/h11-13,18-19,21-22,24,30-31,33,35,39,46H,9-10,14-17,20H2,1-8H3,(H2,38,49)(H,40,48)/b13-11-,23-12+,25-18+/t22-,24+,30+,31+,33-,35+/m1/s1. The van der Waals surface area contributed by atoms with Gasteiger partial charge in [0.05, 0.1) is 42.9 Å².